The molecule has 3 N–H and O–H groups in total. The van der Waals surface area contributed by atoms with E-state index >= 15 is 0 Å². The summed E-state index contributed by atoms with van der Waals surface area (Å²) in [4.78, 5) is 12.2. The molecule has 0 aliphatic rings. The van der Waals surface area contributed by atoms with Crippen molar-refractivity contribution in [2.75, 3.05) is 7.11 Å². The highest BCUT2D eigenvalue weighted by Crippen LogP contribution is 2.28. The molecule has 0 saturated heterocycles. The van der Waals surface area contributed by atoms with Crippen LogP contribution in [0.5, 0.6) is 11.5 Å². The maximum atomic E-state index is 12.2. The molecule has 2 aromatic rings. The molecule has 0 fully saturated rings. The molecule has 138 valence electrons. The van der Waals surface area contributed by atoms with Crippen molar-refractivity contribution in [2.24, 2.45) is 0 Å². The number of hydrogen-bond donors (Lipinski definition) is 3. The third kappa shape index (κ3) is 5.93. The summed E-state index contributed by atoms with van der Waals surface area (Å²) in [5.41, 5.74) is 6.68. The van der Waals surface area contributed by atoms with Crippen LogP contribution in [0.1, 0.15) is 29.8 Å². The number of benzene rings is 2. The Balaban J connectivity index is 1.98. The number of ether oxygens (including phenoxy) is 2. The standard InChI is InChI=1S/C19H23N3O3S/c1-13(2)20-19(26)22-21-18(23)15-9-10-16(17(11-15)24-3)25-12-14-7-5-4-6-8-14/h4-11,13H,12H2,1-3H3,(H,21,23)(H2,20,22,26). The smallest absolute Gasteiger partial charge is 0.269 e. The van der Waals surface area contributed by atoms with Crippen molar-refractivity contribution in [3.05, 3.63) is 59.7 Å². The van der Waals surface area contributed by atoms with Crippen LogP contribution in [-0.4, -0.2) is 24.2 Å². The van der Waals surface area contributed by atoms with Gasteiger partial charge < -0.3 is 14.8 Å². The maximum absolute atomic E-state index is 12.2. The van der Waals surface area contributed by atoms with Crippen LogP contribution < -0.4 is 25.6 Å². The fourth-order valence-corrected chi connectivity index (χ4v) is 2.43. The fourth-order valence-electron chi connectivity index (χ4n) is 2.15. The molecule has 1 amide bonds. The minimum atomic E-state index is -0.328. The van der Waals surface area contributed by atoms with Gasteiger partial charge in [0.15, 0.2) is 16.6 Å². The van der Waals surface area contributed by atoms with Crippen LogP contribution in [0.2, 0.25) is 0 Å². The van der Waals surface area contributed by atoms with E-state index in [1.807, 2.05) is 44.2 Å². The van der Waals surface area contributed by atoms with E-state index in [0.29, 0.717) is 28.8 Å². The molecule has 6 nitrogen and oxygen atoms in total. The van der Waals surface area contributed by atoms with Crippen molar-refractivity contribution >= 4 is 23.2 Å². The molecule has 0 aliphatic carbocycles. The first kappa shape index (κ1) is 19.5. The van der Waals surface area contributed by atoms with Crippen molar-refractivity contribution in [1.29, 1.82) is 0 Å². The van der Waals surface area contributed by atoms with Gasteiger partial charge in [-0.1, -0.05) is 30.3 Å². The second kappa shape index (κ2) is 9.62. The van der Waals surface area contributed by atoms with Gasteiger partial charge in [0.2, 0.25) is 0 Å². The number of carbonyl (C=O) groups is 1. The number of hydrazine groups is 1. The summed E-state index contributed by atoms with van der Waals surface area (Å²) in [5, 5.41) is 3.32. The largest absolute Gasteiger partial charge is 0.493 e. The number of rotatable bonds is 6. The van der Waals surface area contributed by atoms with Gasteiger partial charge in [-0.25, -0.2) is 0 Å². The number of methoxy groups -OCH3 is 1. The first-order chi connectivity index (χ1) is 12.5. The first-order valence-electron chi connectivity index (χ1n) is 8.21. The topological polar surface area (TPSA) is 71.6 Å². The Hall–Kier alpha value is -2.80. The Labute approximate surface area is 158 Å². The Kier molecular flexibility index (Phi) is 7.23. The zero-order valence-corrected chi connectivity index (χ0v) is 15.9. The van der Waals surface area contributed by atoms with E-state index in [0.717, 1.165) is 5.56 Å². The highest BCUT2D eigenvalue weighted by Gasteiger charge is 2.12. The highest BCUT2D eigenvalue weighted by molar-refractivity contribution is 7.80. The van der Waals surface area contributed by atoms with Crippen LogP contribution in [-0.2, 0) is 6.61 Å². The van der Waals surface area contributed by atoms with Gasteiger partial charge in [-0.3, -0.25) is 15.6 Å². The Morgan fingerprint density at radius 2 is 1.81 bits per heavy atom. The molecule has 7 heteroatoms. The van der Waals surface area contributed by atoms with Gasteiger partial charge >= 0.3 is 0 Å². The van der Waals surface area contributed by atoms with Crippen molar-refractivity contribution in [1.82, 2.24) is 16.2 Å². The van der Waals surface area contributed by atoms with Gasteiger partial charge in [-0.05, 0) is 49.8 Å². The van der Waals surface area contributed by atoms with Gasteiger partial charge in [0.05, 0.1) is 7.11 Å². The molecule has 26 heavy (non-hydrogen) atoms. The molecule has 0 spiro atoms. The van der Waals surface area contributed by atoms with Gasteiger partial charge in [0.1, 0.15) is 6.61 Å². The number of thiocarbonyl (C=S) groups is 1. The van der Waals surface area contributed by atoms with E-state index in [1.165, 1.54) is 7.11 Å². The first-order valence-corrected chi connectivity index (χ1v) is 8.62. The molecule has 2 aromatic carbocycles. The fraction of sp³-hybridized carbons (Fsp3) is 0.263. The van der Waals surface area contributed by atoms with Crippen molar-refractivity contribution < 1.29 is 14.3 Å². The molecule has 0 heterocycles. The summed E-state index contributed by atoms with van der Waals surface area (Å²) >= 11 is 5.07. The summed E-state index contributed by atoms with van der Waals surface area (Å²) < 4.78 is 11.1. The van der Waals surface area contributed by atoms with Crippen LogP contribution in [0, 0.1) is 0 Å². The quantitative estimate of drug-likeness (QED) is 0.534. The molecule has 0 aromatic heterocycles. The number of nitrogens with one attached hydrogen (secondary N) is 3. The summed E-state index contributed by atoms with van der Waals surface area (Å²) in [7, 11) is 1.53. The zero-order chi connectivity index (χ0) is 18.9. The normalized spacial score (nSPS) is 10.2. The van der Waals surface area contributed by atoms with E-state index < -0.39 is 0 Å². The van der Waals surface area contributed by atoms with E-state index in [9.17, 15) is 4.79 Å². The summed E-state index contributed by atoms with van der Waals surface area (Å²) in [6.45, 7) is 4.32. The molecule has 0 bridgehead atoms. The summed E-state index contributed by atoms with van der Waals surface area (Å²) in [6.07, 6.45) is 0. The molecule has 0 radical (unpaired) electrons. The molecular weight excluding hydrogens is 350 g/mol. The average molecular weight is 373 g/mol. The molecule has 0 unspecified atom stereocenters. The third-order valence-corrected chi connectivity index (χ3v) is 3.59. The van der Waals surface area contributed by atoms with E-state index in [4.69, 9.17) is 21.7 Å². The number of carbonyl (C=O) groups excluding carboxylic acids is 1. The number of amides is 1. The molecular formula is C19H23N3O3S. The monoisotopic (exact) mass is 373 g/mol. The van der Waals surface area contributed by atoms with Crippen LogP contribution >= 0.6 is 12.2 Å². The lowest BCUT2D eigenvalue weighted by Gasteiger charge is -2.15. The lowest BCUT2D eigenvalue weighted by atomic mass is 10.2. The van der Waals surface area contributed by atoms with Crippen LogP contribution in [0.3, 0.4) is 0 Å². The maximum Gasteiger partial charge on any atom is 0.269 e. The second-order valence-corrected chi connectivity index (χ2v) is 6.26. The third-order valence-electron chi connectivity index (χ3n) is 3.37. The molecule has 0 aliphatic heterocycles. The van der Waals surface area contributed by atoms with Crippen LogP contribution in [0.4, 0.5) is 0 Å². The molecule has 0 saturated carbocycles. The average Bonchev–Trinajstić information content (AvgIpc) is 2.64. The van der Waals surface area contributed by atoms with Crippen LogP contribution in [0.15, 0.2) is 48.5 Å². The number of hydrogen-bond acceptors (Lipinski definition) is 4. The predicted octanol–water partition coefficient (Wildman–Crippen LogP) is 2.79. The van der Waals surface area contributed by atoms with Gasteiger partial charge in [-0.2, -0.15) is 0 Å². The van der Waals surface area contributed by atoms with Crippen LogP contribution in [0.25, 0.3) is 0 Å². The minimum absolute atomic E-state index is 0.174. The van der Waals surface area contributed by atoms with Crippen molar-refractivity contribution in [2.45, 2.75) is 26.5 Å². The Morgan fingerprint density at radius 3 is 2.46 bits per heavy atom. The Morgan fingerprint density at radius 1 is 1.08 bits per heavy atom. The summed E-state index contributed by atoms with van der Waals surface area (Å²) in [5.74, 6) is 0.722. The lowest BCUT2D eigenvalue weighted by molar-refractivity contribution is 0.0943. The molecule has 2 rings (SSSR count). The Bertz CT molecular complexity index is 751. The molecule has 0 atom stereocenters. The van der Waals surface area contributed by atoms with Gasteiger partial charge in [0.25, 0.3) is 5.91 Å². The van der Waals surface area contributed by atoms with Gasteiger partial charge in [0, 0.05) is 11.6 Å². The zero-order valence-electron chi connectivity index (χ0n) is 15.0. The van der Waals surface area contributed by atoms with E-state index in [-0.39, 0.29) is 11.9 Å². The van der Waals surface area contributed by atoms with Crippen molar-refractivity contribution in [3.8, 4) is 11.5 Å². The lowest BCUT2D eigenvalue weighted by Crippen LogP contribution is -2.48. The van der Waals surface area contributed by atoms with Gasteiger partial charge in [-0.15, -0.1) is 0 Å². The van der Waals surface area contributed by atoms with Crippen molar-refractivity contribution in [3.63, 3.8) is 0 Å². The highest BCUT2D eigenvalue weighted by atomic mass is 32.1. The second-order valence-electron chi connectivity index (χ2n) is 5.85. The SMILES string of the molecule is COc1cc(C(=O)NNC(=S)NC(C)C)ccc1OCc1ccccc1. The van der Waals surface area contributed by atoms with E-state index in [2.05, 4.69) is 16.2 Å². The minimum Gasteiger partial charge on any atom is -0.493 e. The predicted molar refractivity (Wildman–Crippen MR) is 105 cm³/mol. The van der Waals surface area contributed by atoms with E-state index in [1.54, 1.807) is 18.2 Å². The summed E-state index contributed by atoms with van der Waals surface area (Å²) in [6, 6.07) is 15.0.